The molecule has 1 N–H and O–H groups in total. The molecule has 3 unspecified atom stereocenters. The molecule has 1 heterocycles. The van der Waals surface area contributed by atoms with Gasteiger partial charge < -0.3 is 5.32 Å². The Labute approximate surface area is 102 Å². The Balaban J connectivity index is 1.72. The van der Waals surface area contributed by atoms with Gasteiger partial charge in [-0.15, -0.1) is 0 Å². The minimum absolute atomic E-state index is 0.0606. The Morgan fingerprint density at radius 3 is 2.65 bits per heavy atom. The fourth-order valence-corrected chi connectivity index (χ4v) is 3.32. The van der Waals surface area contributed by atoms with Crippen molar-refractivity contribution in [2.24, 2.45) is 5.92 Å². The molecule has 0 bridgehead atoms. The molecule has 90 valence electrons. The molecule has 0 amide bonds. The summed E-state index contributed by atoms with van der Waals surface area (Å²) in [5, 5.41) is 3.54. The second-order valence-electron chi connectivity index (χ2n) is 5.34. The number of carbonyl (C=O) groups excluding carboxylic acids is 1. The summed E-state index contributed by atoms with van der Waals surface area (Å²) in [5.41, 5.74) is 0.851. The number of nitrogens with one attached hydrogen (secondary N) is 1. The molecule has 3 rings (SSSR count). The van der Waals surface area contributed by atoms with Crippen molar-refractivity contribution in [3.63, 3.8) is 0 Å². The summed E-state index contributed by atoms with van der Waals surface area (Å²) in [7, 11) is 0. The molecule has 2 aliphatic rings. The van der Waals surface area contributed by atoms with E-state index in [-0.39, 0.29) is 11.8 Å². The zero-order valence-electron chi connectivity index (χ0n) is 10.1. The minimum atomic E-state index is 0.0606. The van der Waals surface area contributed by atoms with Gasteiger partial charge in [-0.3, -0.25) is 4.79 Å². The quantitative estimate of drug-likeness (QED) is 0.790. The second-order valence-corrected chi connectivity index (χ2v) is 5.34. The molecule has 2 nitrogen and oxygen atoms in total. The van der Waals surface area contributed by atoms with Gasteiger partial charge in [0.2, 0.25) is 0 Å². The number of fused-ring (bicyclic) bond motifs is 1. The molecule has 3 atom stereocenters. The third kappa shape index (κ3) is 2.14. The number of carbonyl (C=O) groups is 1. The van der Waals surface area contributed by atoms with E-state index >= 15 is 0 Å². The summed E-state index contributed by atoms with van der Waals surface area (Å²) in [4.78, 5) is 12.3. The van der Waals surface area contributed by atoms with E-state index in [4.69, 9.17) is 0 Å². The van der Waals surface area contributed by atoms with Crippen molar-refractivity contribution in [2.45, 2.75) is 44.2 Å². The lowest BCUT2D eigenvalue weighted by atomic mass is 9.84. The van der Waals surface area contributed by atoms with E-state index in [2.05, 4.69) is 5.32 Å². The molecule has 0 aromatic heterocycles. The highest BCUT2D eigenvalue weighted by molar-refractivity contribution is 6.00. The van der Waals surface area contributed by atoms with Crippen LogP contribution in [-0.4, -0.2) is 17.9 Å². The molecular formula is C15H19NO. The van der Waals surface area contributed by atoms with Crippen LogP contribution >= 0.6 is 0 Å². The lowest BCUT2D eigenvalue weighted by Gasteiger charge is -2.24. The average Bonchev–Trinajstić information content (AvgIpc) is 2.82. The first-order chi connectivity index (χ1) is 8.34. The first-order valence-corrected chi connectivity index (χ1v) is 6.70. The standard InChI is InChI=1S/C15H19NO/c17-15(11-6-2-1-3-7-11)14-10-12-8-4-5-9-13(12)16-14/h1-3,6-7,12-14,16H,4-5,8-10H2. The highest BCUT2D eigenvalue weighted by Gasteiger charge is 2.38. The summed E-state index contributed by atoms with van der Waals surface area (Å²) < 4.78 is 0. The van der Waals surface area contributed by atoms with Crippen LogP contribution in [0.4, 0.5) is 0 Å². The van der Waals surface area contributed by atoms with Crippen molar-refractivity contribution in [1.29, 1.82) is 0 Å². The van der Waals surface area contributed by atoms with E-state index in [1.807, 2.05) is 30.3 Å². The number of hydrogen-bond acceptors (Lipinski definition) is 2. The zero-order valence-corrected chi connectivity index (χ0v) is 10.1. The Kier molecular flexibility index (Phi) is 2.98. The maximum Gasteiger partial charge on any atom is 0.179 e. The molecule has 1 aromatic carbocycles. The monoisotopic (exact) mass is 229 g/mol. The molecule has 1 aliphatic heterocycles. The largest absolute Gasteiger partial charge is 0.304 e. The Morgan fingerprint density at radius 1 is 1.12 bits per heavy atom. The number of benzene rings is 1. The van der Waals surface area contributed by atoms with Crippen LogP contribution < -0.4 is 5.32 Å². The third-order valence-electron chi connectivity index (χ3n) is 4.24. The SMILES string of the molecule is O=C(c1ccccc1)C1CC2CCCCC2N1. The van der Waals surface area contributed by atoms with E-state index < -0.39 is 0 Å². The van der Waals surface area contributed by atoms with Crippen molar-refractivity contribution in [2.75, 3.05) is 0 Å². The summed E-state index contributed by atoms with van der Waals surface area (Å²) in [6.07, 6.45) is 6.26. The van der Waals surface area contributed by atoms with E-state index in [0.717, 1.165) is 17.9 Å². The Bertz CT molecular complexity index is 387. The molecule has 1 aromatic rings. The van der Waals surface area contributed by atoms with Crippen LogP contribution in [0, 0.1) is 5.92 Å². The van der Waals surface area contributed by atoms with Crippen molar-refractivity contribution >= 4 is 5.78 Å². The second kappa shape index (κ2) is 4.61. The van der Waals surface area contributed by atoms with Gasteiger partial charge in [0.15, 0.2) is 5.78 Å². The van der Waals surface area contributed by atoms with Crippen LogP contribution in [-0.2, 0) is 0 Å². The van der Waals surface area contributed by atoms with E-state index in [1.54, 1.807) is 0 Å². The first kappa shape index (κ1) is 11.0. The Hall–Kier alpha value is -1.15. The average molecular weight is 229 g/mol. The fraction of sp³-hybridized carbons (Fsp3) is 0.533. The highest BCUT2D eigenvalue weighted by atomic mass is 16.1. The van der Waals surface area contributed by atoms with Crippen LogP contribution in [0.5, 0.6) is 0 Å². The van der Waals surface area contributed by atoms with Gasteiger partial charge in [-0.1, -0.05) is 43.2 Å². The van der Waals surface area contributed by atoms with Crippen LogP contribution in [0.2, 0.25) is 0 Å². The van der Waals surface area contributed by atoms with Crippen LogP contribution in [0.1, 0.15) is 42.5 Å². The lowest BCUT2D eigenvalue weighted by molar-refractivity contribution is 0.0949. The molecule has 1 saturated carbocycles. The van der Waals surface area contributed by atoms with E-state index in [0.29, 0.717) is 6.04 Å². The molecule has 2 fully saturated rings. The van der Waals surface area contributed by atoms with Gasteiger partial charge in [0.1, 0.15) is 0 Å². The molecular weight excluding hydrogens is 210 g/mol. The predicted octanol–water partition coefficient (Wildman–Crippen LogP) is 2.79. The first-order valence-electron chi connectivity index (χ1n) is 6.70. The van der Waals surface area contributed by atoms with Gasteiger partial charge in [-0.2, -0.15) is 0 Å². The summed E-state index contributed by atoms with van der Waals surface area (Å²) >= 11 is 0. The number of rotatable bonds is 2. The summed E-state index contributed by atoms with van der Waals surface area (Å²) in [6, 6.07) is 10.3. The summed E-state index contributed by atoms with van der Waals surface area (Å²) in [5.74, 6) is 1.02. The zero-order chi connectivity index (χ0) is 11.7. The molecule has 17 heavy (non-hydrogen) atoms. The van der Waals surface area contributed by atoms with Crippen LogP contribution in [0.25, 0.3) is 0 Å². The van der Waals surface area contributed by atoms with Crippen molar-refractivity contribution in [3.05, 3.63) is 35.9 Å². The molecule has 0 radical (unpaired) electrons. The molecule has 2 heteroatoms. The van der Waals surface area contributed by atoms with Crippen molar-refractivity contribution < 1.29 is 4.79 Å². The lowest BCUT2D eigenvalue weighted by Crippen LogP contribution is -2.37. The minimum Gasteiger partial charge on any atom is -0.304 e. The fourth-order valence-electron chi connectivity index (χ4n) is 3.32. The van der Waals surface area contributed by atoms with Gasteiger partial charge in [0, 0.05) is 11.6 Å². The summed E-state index contributed by atoms with van der Waals surface area (Å²) in [6.45, 7) is 0. The molecule has 0 spiro atoms. The third-order valence-corrected chi connectivity index (χ3v) is 4.24. The van der Waals surface area contributed by atoms with Gasteiger partial charge in [-0.25, -0.2) is 0 Å². The van der Waals surface area contributed by atoms with Crippen molar-refractivity contribution in [3.8, 4) is 0 Å². The highest BCUT2D eigenvalue weighted by Crippen LogP contribution is 2.34. The maximum absolute atomic E-state index is 12.3. The van der Waals surface area contributed by atoms with Gasteiger partial charge >= 0.3 is 0 Å². The van der Waals surface area contributed by atoms with Crippen molar-refractivity contribution in [1.82, 2.24) is 5.32 Å². The van der Waals surface area contributed by atoms with Crippen LogP contribution in [0.15, 0.2) is 30.3 Å². The molecule has 1 saturated heterocycles. The van der Waals surface area contributed by atoms with Gasteiger partial charge in [-0.05, 0) is 25.2 Å². The van der Waals surface area contributed by atoms with E-state index in [1.165, 1.54) is 25.7 Å². The Morgan fingerprint density at radius 2 is 1.88 bits per heavy atom. The number of Topliss-reactive ketones (excluding diaryl/α,β-unsaturated/α-hetero) is 1. The number of hydrogen-bond donors (Lipinski definition) is 1. The normalized spacial score (nSPS) is 32.1. The molecule has 1 aliphatic carbocycles. The van der Waals surface area contributed by atoms with E-state index in [9.17, 15) is 4.79 Å². The maximum atomic E-state index is 12.3. The van der Waals surface area contributed by atoms with Crippen LogP contribution in [0.3, 0.4) is 0 Å². The smallest absolute Gasteiger partial charge is 0.179 e. The predicted molar refractivity (Wildman–Crippen MR) is 68.1 cm³/mol. The number of ketones is 1. The van der Waals surface area contributed by atoms with Gasteiger partial charge in [0.05, 0.1) is 6.04 Å². The van der Waals surface area contributed by atoms with Gasteiger partial charge in [0.25, 0.3) is 0 Å². The topological polar surface area (TPSA) is 29.1 Å².